The molecule has 1 heterocycles. The largest absolute Gasteiger partial charge is 0.330 e. The van der Waals surface area contributed by atoms with Crippen molar-refractivity contribution in [2.24, 2.45) is 5.73 Å². The lowest BCUT2D eigenvalue weighted by atomic mass is 10.0. The summed E-state index contributed by atoms with van der Waals surface area (Å²) in [5, 5.41) is 1.15. The summed E-state index contributed by atoms with van der Waals surface area (Å²) >= 11 is 1.78. The van der Waals surface area contributed by atoms with E-state index < -0.39 is 0 Å². The van der Waals surface area contributed by atoms with Crippen molar-refractivity contribution in [2.75, 3.05) is 6.54 Å². The van der Waals surface area contributed by atoms with Gasteiger partial charge >= 0.3 is 0 Å². The van der Waals surface area contributed by atoms with Gasteiger partial charge in [-0.25, -0.2) is 4.98 Å². The third-order valence-electron chi connectivity index (χ3n) is 3.37. The van der Waals surface area contributed by atoms with Crippen LogP contribution in [0.4, 0.5) is 0 Å². The fourth-order valence-electron chi connectivity index (χ4n) is 1.95. The maximum Gasteiger partial charge on any atom is 0.0968 e. The number of nitrogens with zero attached hydrogens (tertiary/aromatic N) is 1. The standard InChI is InChI=1S/C16H22N2S/c1-11(2)14-6-4-13(5-7-14)8-15-10-18-16(19-15)12(3)9-17/h4-7,10-12H,8-9,17H2,1-3H3. The van der Waals surface area contributed by atoms with Gasteiger partial charge in [0.25, 0.3) is 0 Å². The minimum atomic E-state index is 0.363. The van der Waals surface area contributed by atoms with Crippen molar-refractivity contribution >= 4 is 11.3 Å². The zero-order chi connectivity index (χ0) is 13.8. The van der Waals surface area contributed by atoms with Crippen LogP contribution in [-0.2, 0) is 6.42 Å². The van der Waals surface area contributed by atoms with Gasteiger partial charge in [0.05, 0.1) is 5.01 Å². The summed E-state index contributed by atoms with van der Waals surface area (Å²) < 4.78 is 0. The Morgan fingerprint density at radius 3 is 2.42 bits per heavy atom. The number of hydrogen-bond donors (Lipinski definition) is 1. The minimum absolute atomic E-state index is 0.363. The van der Waals surface area contributed by atoms with Crippen molar-refractivity contribution in [1.82, 2.24) is 4.98 Å². The summed E-state index contributed by atoms with van der Waals surface area (Å²) in [5.41, 5.74) is 8.42. The molecule has 0 spiro atoms. The van der Waals surface area contributed by atoms with E-state index in [-0.39, 0.29) is 0 Å². The fourth-order valence-corrected chi connectivity index (χ4v) is 2.97. The summed E-state index contributed by atoms with van der Waals surface area (Å²) in [6, 6.07) is 8.90. The van der Waals surface area contributed by atoms with Crippen LogP contribution in [0.5, 0.6) is 0 Å². The van der Waals surface area contributed by atoms with Crippen LogP contribution >= 0.6 is 11.3 Å². The normalized spacial score (nSPS) is 12.9. The summed E-state index contributed by atoms with van der Waals surface area (Å²) in [7, 11) is 0. The van der Waals surface area contributed by atoms with Gasteiger partial charge in [0, 0.05) is 30.0 Å². The Balaban J connectivity index is 2.06. The molecule has 0 radical (unpaired) electrons. The van der Waals surface area contributed by atoms with Gasteiger partial charge in [-0.05, 0) is 17.0 Å². The van der Waals surface area contributed by atoms with Crippen LogP contribution in [0.1, 0.15) is 53.6 Å². The Morgan fingerprint density at radius 2 is 1.84 bits per heavy atom. The summed E-state index contributed by atoms with van der Waals surface area (Å²) in [4.78, 5) is 5.78. The Kier molecular flexibility index (Phi) is 4.72. The minimum Gasteiger partial charge on any atom is -0.330 e. The molecule has 0 bridgehead atoms. The molecule has 2 rings (SSSR count). The Labute approximate surface area is 119 Å². The molecule has 2 aromatic rings. The molecule has 2 N–H and O–H groups in total. The molecule has 1 aromatic carbocycles. The zero-order valence-corrected chi connectivity index (χ0v) is 12.7. The van der Waals surface area contributed by atoms with Crippen molar-refractivity contribution < 1.29 is 0 Å². The van der Waals surface area contributed by atoms with Crippen molar-refractivity contribution in [1.29, 1.82) is 0 Å². The molecule has 19 heavy (non-hydrogen) atoms. The van der Waals surface area contributed by atoms with E-state index in [1.54, 1.807) is 11.3 Å². The lowest BCUT2D eigenvalue weighted by Gasteiger charge is -2.06. The Bertz CT molecular complexity index is 514. The monoisotopic (exact) mass is 274 g/mol. The molecule has 2 nitrogen and oxygen atoms in total. The molecule has 0 aliphatic heterocycles. The highest BCUT2D eigenvalue weighted by molar-refractivity contribution is 7.11. The molecule has 0 aliphatic carbocycles. The third kappa shape index (κ3) is 3.64. The first-order chi connectivity index (χ1) is 9.10. The van der Waals surface area contributed by atoms with Crippen LogP contribution in [-0.4, -0.2) is 11.5 Å². The van der Waals surface area contributed by atoms with E-state index in [9.17, 15) is 0 Å². The molecule has 1 aromatic heterocycles. The molecule has 1 unspecified atom stereocenters. The molecule has 3 heteroatoms. The number of nitrogens with two attached hydrogens (primary N) is 1. The number of rotatable bonds is 5. The summed E-state index contributed by atoms with van der Waals surface area (Å²) in [6.07, 6.45) is 2.95. The summed E-state index contributed by atoms with van der Waals surface area (Å²) in [6.45, 7) is 7.23. The highest BCUT2D eigenvalue weighted by Gasteiger charge is 2.09. The lowest BCUT2D eigenvalue weighted by molar-refractivity contribution is 0.766. The second-order valence-corrected chi connectivity index (χ2v) is 6.52. The first kappa shape index (κ1) is 14.2. The van der Waals surface area contributed by atoms with E-state index in [1.807, 2.05) is 6.20 Å². The average molecular weight is 274 g/mol. The fraction of sp³-hybridized carbons (Fsp3) is 0.438. The average Bonchev–Trinajstić information content (AvgIpc) is 2.87. The topological polar surface area (TPSA) is 38.9 Å². The maximum atomic E-state index is 5.68. The predicted molar refractivity (Wildman–Crippen MR) is 82.9 cm³/mol. The van der Waals surface area contributed by atoms with Crippen molar-refractivity contribution in [3.05, 3.63) is 51.5 Å². The molecule has 0 saturated heterocycles. The predicted octanol–water partition coefficient (Wildman–Crippen LogP) is 3.92. The number of thiazole rings is 1. The van der Waals surface area contributed by atoms with Gasteiger partial charge in [0.2, 0.25) is 0 Å². The van der Waals surface area contributed by atoms with E-state index in [1.165, 1.54) is 16.0 Å². The van der Waals surface area contributed by atoms with Crippen LogP contribution in [0.3, 0.4) is 0 Å². The zero-order valence-electron chi connectivity index (χ0n) is 11.9. The van der Waals surface area contributed by atoms with Gasteiger partial charge in [-0.15, -0.1) is 11.3 Å². The highest BCUT2D eigenvalue weighted by atomic mass is 32.1. The SMILES string of the molecule is CC(C)c1ccc(Cc2cnc(C(C)CN)s2)cc1. The van der Waals surface area contributed by atoms with Crippen LogP contribution in [0.25, 0.3) is 0 Å². The van der Waals surface area contributed by atoms with Gasteiger partial charge in [-0.1, -0.05) is 45.0 Å². The molecule has 1 atom stereocenters. The molecule has 0 aliphatic rings. The van der Waals surface area contributed by atoms with Gasteiger partial charge in [-0.2, -0.15) is 0 Å². The second kappa shape index (κ2) is 6.31. The molecule has 0 amide bonds. The van der Waals surface area contributed by atoms with E-state index in [0.29, 0.717) is 18.4 Å². The molecular formula is C16H22N2S. The Hall–Kier alpha value is -1.19. The van der Waals surface area contributed by atoms with E-state index in [0.717, 1.165) is 11.4 Å². The first-order valence-corrected chi connectivity index (χ1v) is 7.65. The smallest absolute Gasteiger partial charge is 0.0968 e. The number of hydrogen-bond acceptors (Lipinski definition) is 3. The van der Waals surface area contributed by atoms with Crippen molar-refractivity contribution in [3.63, 3.8) is 0 Å². The Morgan fingerprint density at radius 1 is 1.16 bits per heavy atom. The van der Waals surface area contributed by atoms with E-state index in [4.69, 9.17) is 5.73 Å². The van der Waals surface area contributed by atoms with Crippen LogP contribution < -0.4 is 5.73 Å². The second-order valence-electron chi connectivity index (χ2n) is 5.37. The van der Waals surface area contributed by atoms with Crippen LogP contribution in [0.15, 0.2) is 30.5 Å². The maximum absolute atomic E-state index is 5.68. The van der Waals surface area contributed by atoms with Gasteiger partial charge in [-0.3, -0.25) is 0 Å². The van der Waals surface area contributed by atoms with E-state index >= 15 is 0 Å². The number of aromatic nitrogens is 1. The van der Waals surface area contributed by atoms with Crippen molar-refractivity contribution in [2.45, 2.75) is 39.0 Å². The van der Waals surface area contributed by atoms with Gasteiger partial charge in [0.15, 0.2) is 0 Å². The molecule has 102 valence electrons. The number of benzene rings is 1. The summed E-state index contributed by atoms with van der Waals surface area (Å²) in [5.74, 6) is 0.955. The molecular weight excluding hydrogens is 252 g/mol. The highest BCUT2D eigenvalue weighted by Crippen LogP contribution is 2.23. The van der Waals surface area contributed by atoms with Crippen molar-refractivity contribution in [3.8, 4) is 0 Å². The first-order valence-electron chi connectivity index (χ1n) is 6.83. The van der Waals surface area contributed by atoms with E-state index in [2.05, 4.69) is 50.0 Å². The van der Waals surface area contributed by atoms with Gasteiger partial charge in [0.1, 0.15) is 0 Å². The quantitative estimate of drug-likeness (QED) is 0.897. The van der Waals surface area contributed by atoms with Gasteiger partial charge < -0.3 is 5.73 Å². The lowest BCUT2D eigenvalue weighted by Crippen LogP contribution is -2.08. The van der Waals surface area contributed by atoms with Crippen LogP contribution in [0, 0.1) is 0 Å². The third-order valence-corrected chi connectivity index (χ3v) is 4.60. The molecule has 0 saturated carbocycles. The molecule has 0 fully saturated rings. The van der Waals surface area contributed by atoms with Crippen LogP contribution in [0.2, 0.25) is 0 Å².